The molecule has 0 spiro atoms. The molecule has 2 nitrogen and oxygen atoms in total. The summed E-state index contributed by atoms with van der Waals surface area (Å²) in [6, 6.07) is 0. The summed E-state index contributed by atoms with van der Waals surface area (Å²) in [5.41, 5.74) is -0.174. The molecule has 0 aliphatic heterocycles. The van der Waals surface area contributed by atoms with Gasteiger partial charge in [0.2, 0.25) is 0 Å². The summed E-state index contributed by atoms with van der Waals surface area (Å²) >= 11 is 0. The van der Waals surface area contributed by atoms with Gasteiger partial charge >= 0.3 is 0 Å². The van der Waals surface area contributed by atoms with Crippen LogP contribution in [0.2, 0.25) is 0 Å². The van der Waals surface area contributed by atoms with E-state index in [-0.39, 0.29) is 18.6 Å². The number of aliphatic hydroxyl groups excluding tert-OH is 2. The summed E-state index contributed by atoms with van der Waals surface area (Å²) in [6.07, 6.45) is 8.21. The minimum atomic E-state index is -0.174. The van der Waals surface area contributed by atoms with Gasteiger partial charge in [-0.1, -0.05) is 32.6 Å². The lowest BCUT2D eigenvalue weighted by atomic mass is 9.72. The van der Waals surface area contributed by atoms with E-state index in [4.69, 9.17) is 0 Å². The number of unbranched alkanes of at least 4 members (excludes halogenated alkanes) is 1. The third-order valence-electron chi connectivity index (χ3n) is 3.88. The molecule has 0 aromatic rings. The van der Waals surface area contributed by atoms with Gasteiger partial charge in [-0.3, -0.25) is 0 Å². The van der Waals surface area contributed by atoms with Gasteiger partial charge in [-0.15, -0.1) is 0 Å². The van der Waals surface area contributed by atoms with Crippen molar-refractivity contribution in [3.63, 3.8) is 0 Å². The molecular formula is C12H24O2. The average Bonchev–Trinajstić information content (AvgIpc) is 2.74. The van der Waals surface area contributed by atoms with Crippen molar-refractivity contribution in [1.82, 2.24) is 0 Å². The molecule has 2 N–H and O–H groups in total. The van der Waals surface area contributed by atoms with Gasteiger partial charge < -0.3 is 10.2 Å². The topological polar surface area (TPSA) is 40.5 Å². The second kappa shape index (κ2) is 5.72. The Labute approximate surface area is 87.3 Å². The Morgan fingerprint density at radius 2 is 1.71 bits per heavy atom. The van der Waals surface area contributed by atoms with Crippen LogP contribution in [0.25, 0.3) is 0 Å². The van der Waals surface area contributed by atoms with Crippen molar-refractivity contribution in [2.75, 3.05) is 13.2 Å². The van der Waals surface area contributed by atoms with E-state index in [0.29, 0.717) is 5.92 Å². The quantitative estimate of drug-likeness (QED) is 0.691. The molecule has 0 aromatic carbocycles. The SMILES string of the molecule is CCCCC(CO)(CO)C1CCCC1. The lowest BCUT2D eigenvalue weighted by Crippen LogP contribution is -2.36. The average molecular weight is 200 g/mol. The molecule has 0 radical (unpaired) electrons. The van der Waals surface area contributed by atoms with E-state index in [1.807, 2.05) is 0 Å². The number of hydrogen-bond donors (Lipinski definition) is 2. The van der Waals surface area contributed by atoms with Crippen molar-refractivity contribution in [3.05, 3.63) is 0 Å². The van der Waals surface area contributed by atoms with E-state index in [2.05, 4.69) is 6.92 Å². The third-order valence-corrected chi connectivity index (χ3v) is 3.88. The zero-order chi connectivity index (χ0) is 10.4. The van der Waals surface area contributed by atoms with E-state index in [9.17, 15) is 10.2 Å². The summed E-state index contributed by atoms with van der Waals surface area (Å²) in [6.45, 7) is 2.48. The molecule has 0 atom stereocenters. The van der Waals surface area contributed by atoms with E-state index in [1.54, 1.807) is 0 Å². The second-order valence-electron chi connectivity index (χ2n) is 4.76. The Morgan fingerprint density at radius 1 is 1.14 bits per heavy atom. The molecule has 14 heavy (non-hydrogen) atoms. The Bertz CT molecular complexity index is 146. The molecular weight excluding hydrogens is 176 g/mol. The first-order chi connectivity index (χ1) is 6.79. The lowest BCUT2D eigenvalue weighted by molar-refractivity contribution is -0.00313. The zero-order valence-electron chi connectivity index (χ0n) is 9.34. The van der Waals surface area contributed by atoms with Crippen LogP contribution >= 0.6 is 0 Å². The van der Waals surface area contributed by atoms with Crippen LogP contribution in [0.4, 0.5) is 0 Å². The molecule has 1 fully saturated rings. The highest BCUT2D eigenvalue weighted by atomic mass is 16.3. The monoisotopic (exact) mass is 200 g/mol. The highest BCUT2D eigenvalue weighted by Crippen LogP contribution is 2.42. The van der Waals surface area contributed by atoms with E-state index >= 15 is 0 Å². The van der Waals surface area contributed by atoms with Crippen molar-refractivity contribution in [2.24, 2.45) is 11.3 Å². The molecule has 1 aliphatic carbocycles. The molecule has 0 saturated heterocycles. The second-order valence-corrected chi connectivity index (χ2v) is 4.76. The van der Waals surface area contributed by atoms with Gasteiger partial charge in [-0.05, 0) is 25.2 Å². The maximum Gasteiger partial charge on any atom is 0.0512 e. The molecule has 0 bridgehead atoms. The Morgan fingerprint density at radius 3 is 2.14 bits per heavy atom. The van der Waals surface area contributed by atoms with Gasteiger partial charge in [-0.2, -0.15) is 0 Å². The van der Waals surface area contributed by atoms with Crippen LogP contribution in [0, 0.1) is 11.3 Å². The van der Waals surface area contributed by atoms with Gasteiger partial charge in [0.25, 0.3) is 0 Å². The lowest BCUT2D eigenvalue weighted by Gasteiger charge is -2.36. The van der Waals surface area contributed by atoms with Crippen LogP contribution in [0.5, 0.6) is 0 Å². The van der Waals surface area contributed by atoms with Crippen LogP contribution in [0.1, 0.15) is 51.9 Å². The highest BCUT2D eigenvalue weighted by Gasteiger charge is 2.38. The molecule has 2 heteroatoms. The standard InChI is InChI=1S/C12H24O2/c1-2-3-8-12(9-13,10-14)11-6-4-5-7-11/h11,13-14H,2-10H2,1H3. The number of rotatable bonds is 6. The Balaban J connectivity index is 2.57. The maximum atomic E-state index is 9.50. The first-order valence-electron chi connectivity index (χ1n) is 6.01. The van der Waals surface area contributed by atoms with Crippen molar-refractivity contribution >= 4 is 0 Å². The predicted molar refractivity (Wildman–Crippen MR) is 58.1 cm³/mol. The van der Waals surface area contributed by atoms with Gasteiger partial charge in [0.1, 0.15) is 0 Å². The first-order valence-corrected chi connectivity index (χ1v) is 6.01. The van der Waals surface area contributed by atoms with Gasteiger partial charge in [-0.25, -0.2) is 0 Å². The smallest absolute Gasteiger partial charge is 0.0512 e. The Hall–Kier alpha value is -0.0800. The minimum absolute atomic E-state index is 0.161. The molecule has 0 unspecified atom stereocenters. The van der Waals surface area contributed by atoms with Crippen LogP contribution in [0.3, 0.4) is 0 Å². The van der Waals surface area contributed by atoms with Crippen molar-refractivity contribution in [3.8, 4) is 0 Å². The molecule has 0 heterocycles. The highest BCUT2D eigenvalue weighted by molar-refractivity contribution is 4.88. The number of hydrogen-bond acceptors (Lipinski definition) is 2. The molecule has 1 aliphatic rings. The first kappa shape index (κ1) is 12.0. The van der Waals surface area contributed by atoms with Crippen LogP contribution in [-0.2, 0) is 0 Å². The fourth-order valence-electron chi connectivity index (χ4n) is 2.74. The van der Waals surface area contributed by atoms with E-state index < -0.39 is 0 Å². The van der Waals surface area contributed by atoms with Crippen LogP contribution in [-0.4, -0.2) is 23.4 Å². The summed E-state index contributed by atoms with van der Waals surface area (Å²) in [4.78, 5) is 0. The fourth-order valence-corrected chi connectivity index (χ4v) is 2.74. The fraction of sp³-hybridized carbons (Fsp3) is 1.00. The maximum absolute atomic E-state index is 9.50. The van der Waals surface area contributed by atoms with Gasteiger partial charge in [0, 0.05) is 5.41 Å². The van der Waals surface area contributed by atoms with Crippen LogP contribution < -0.4 is 0 Å². The van der Waals surface area contributed by atoms with Gasteiger partial charge in [0.05, 0.1) is 13.2 Å². The summed E-state index contributed by atoms with van der Waals surface area (Å²) in [5, 5.41) is 19.0. The van der Waals surface area contributed by atoms with Crippen molar-refractivity contribution in [1.29, 1.82) is 0 Å². The zero-order valence-corrected chi connectivity index (χ0v) is 9.34. The largest absolute Gasteiger partial charge is 0.396 e. The summed E-state index contributed by atoms with van der Waals surface area (Å²) in [7, 11) is 0. The summed E-state index contributed by atoms with van der Waals surface area (Å²) < 4.78 is 0. The molecule has 0 amide bonds. The molecule has 1 rings (SSSR count). The molecule has 0 aromatic heterocycles. The van der Waals surface area contributed by atoms with Crippen LogP contribution in [0.15, 0.2) is 0 Å². The number of aliphatic hydroxyl groups is 2. The van der Waals surface area contributed by atoms with Crippen molar-refractivity contribution in [2.45, 2.75) is 51.9 Å². The third kappa shape index (κ3) is 2.48. The Kier molecular flexibility index (Phi) is 4.90. The minimum Gasteiger partial charge on any atom is -0.396 e. The van der Waals surface area contributed by atoms with E-state index in [1.165, 1.54) is 25.7 Å². The molecule has 1 saturated carbocycles. The van der Waals surface area contributed by atoms with Gasteiger partial charge in [0.15, 0.2) is 0 Å². The van der Waals surface area contributed by atoms with E-state index in [0.717, 1.165) is 19.3 Å². The van der Waals surface area contributed by atoms with Crippen molar-refractivity contribution < 1.29 is 10.2 Å². The molecule has 84 valence electrons. The normalized spacial score (nSPS) is 19.1. The summed E-state index contributed by atoms with van der Waals surface area (Å²) in [5.74, 6) is 0.559. The predicted octanol–water partition coefficient (Wildman–Crippen LogP) is 2.34.